The molecule has 1 atom stereocenters. The van der Waals surface area contributed by atoms with E-state index in [9.17, 15) is 8.78 Å². The number of halogens is 2. The van der Waals surface area contributed by atoms with Crippen molar-refractivity contribution in [3.63, 3.8) is 0 Å². The van der Waals surface area contributed by atoms with E-state index in [4.69, 9.17) is 9.47 Å². The van der Waals surface area contributed by atoms with Crippen molar-refractivity contribution < 1.29 is 18.3 Å². The van der Waals surface area contributed by atoms with Gasteiger partial charge < -0.3 is 25.0 Å². The minimum atomic E-state index is -2.90. The second-order valence-electron chi connectivity index (χ2n) is 7.49. The van der Waals surface area contributed by atoms with Crippen LogP contribution in [0.2, 0.25) is 0 Å². The highest BCUT2D eigenvalue weighted by Crippen LogP contribution is 2.26. The van der Waals surface area contributed by atoms with Crippen molar-refractivity contribution in [3.8, 4) is 11.5 Å². The fraction of sp³-hybridized carbons (Fsp3) is 0.667. The molecule has 1 aromatic rings. The zero-order valence-corrected chi connectivity index (χ0v) is 18.5. The third-order valence-electron chi connectivity index (χ3n) is 5.12. The van der Waals surface area contributed by atoms with Crippen LogP contribution in [0, 0.1) is 0 Å². The Balaban J connectivity index is 1.90. The van der Waals surface area contributed by atoms with Crippen molar-refractivity contribution >= 4 is 5.96 Å². The number of aliphatic imine (C=N–C) groups is 1. The van der Waals surface area contributed by atoms with E-state index in [0.717, 1.165) is 39.1 Å². The van der Waals surface area contributed by atoms with Gasteiger partial charge in [-0.2, -0.15) is 8.78 Å². The summed E-state index contributed by atoms with van der Waals surface area (Å²) in [6, 6.07) is 5.36. The molecule has 0 saturated carbocycles. The minimum Gasteiger partial charge on any atom is -0.493 e. The average molecular weight is 428 g/mol. The normalized spacial score (nSPS) is 17.1. The van der Waals surface area contributed by atoms with Crippen LogP contribution in [0.5, 0.6) is 11.5 Å². The summed E-state index contributed by atoms with van der Waals surface area (Å²) >= 11 is 0. The zero-order valence-electron chi connectivity index (χ0n) is 18.5. The van der Waals surface area contributed by atoms with Gasteiger partial charge in [-0.05, 0) is 32.5 Å². The van der Waals surface area contributed by atoms with Gasteiger partial charge in [-0.25, -0.2) is 0 Å². The van der Waals surface area contributed by atoms with E-state index in [1.54, 1.807) is 19.2 Å². The van der Waals surface area contributed by atoms with Crippen LogP contribution in [0.4, 0.5) is 8.78 Å². The van der Waals surface area contributed by atoms with Crippen LogP contribution in [0.3, 0.4) is 0 Å². The molecule has 30 heavy (non-hydrogen) atoms. The second kappa shape index (κ2) is 12.5. The fourth-order valence-corrected chi connectivity index (χ4v) is 3.23. The van der Waals surface area contributed by atoms with Crippen molar-refractivity contribution in [3.05, 3.63) is 23.8 Å². The molecule has 0 spiro atoms. The molecule has 1 saturated heterocycles. The Kier molecular flexibility index (Phi) is 10.1. The standard InChI is InChI=1S/C21H35F2N5O2/c1-5-12-29-18-7-6-17(19(13-18)30-20(22)23)15-26-21(24-3)25-14-16(2)28-10-8-27(4)9-11-28/h6-7,13,16,20H,5,8-12,14-15H2,1-4H3,(H2,24,25,26). The number of nitrogens with zero attached hydrogens (tertiary/aromatic N) is 3. The summed E-state index contributed by atoms with van der Waals surface area (Å²) in [5, 5.41) is 6.49. The third-order valence-corrected chi connectivity index (χ3v) is 5.12. The first kappa shape index (κ1) is 24.1. The Morgan fingerprint density at radius 2 is 1.93 bits per heavy atom. The smallest absolute Gasteiger partial charge is 0.387 e. The molecule has 170 valence electrons. The van der Waals surface area contributed by atoms with E-state index in [1.165, 1.54) is 6.07 Å². The number of likely N-dealkylation sites (N-methyl/N-ethyl adjacent to an activating group) is 1. The van der Waals surface area contributed by atoms with Gasteiger partial charge in [-0.3, -0.25) is 9.89 Å². The average Bonchev–Trinajstić information content (AvgIpc) is 2.73. The molecule has 0 bridgehead atoms. The van der Waals surface area contributed by atoms with Crippen LogP contribution in [-0.2, 0) is 6.54 Å². The highest BCUT2D eigenvalue weighted by molar-refractivity contribution is 5.79. The van der Waals surface area contributed by atoms with Crippen LogP contribution in [0.15, 0.2) is 23.2 Å². The van der Waals surface area contributed by atoms with Crippen molar-refractivity contribution in [1.82, 2.24) is 20.4 Å². The first-order valence-electron chi connectivity index (χ1n) is 10.5. The molecule has 0 radical (unpaired) electrons. The quantitative estimate of drug-likeness (QED) is 0.442. The van der Waals surface area contributed by atoms with Gasteiger partial charge in [0.15, 0.2) is 5.96 Å². The molecule has 9 heteroatoms. The number of nitrogens with one attached hydrogen (secondary N) is 2. The van der Waals surface area contributed by atoms with E-state index >= 15 is 0 Å². The van der Waals surface area contributed by atoms with Gasteiger partial charge in [0.1, 0.15) is 11.5 Å². The topological polar surface area (TPSA) is 61.4 Å². The largest absolute Gasteiger partial charge is 0.493 e. The van der Waals surface area contributed by atoms with Crippen LogP contribution in [0.1, 0.15) is 25.8 Å². The van der Waals surface area contributed by atoms with Crippen molar-refractivity contribution in [1.29, 1.82) is 0 Å². The number of ether oxygens (including phenoxy) is 2. The Morgan fingerprint density at radius 1 is 1.20 bits per heavy atom. The Morgan fingerprint density at radius 3 is 2.57 bits per heavy atom. The first-order chi connectivity index (χ1) is 14.4. The van der Waals surface area contributed by atoms with Gasteiger partial charge in [0.25, 0.3) is 0 Å². The van der Waals surface area contributed by atoms with E-state index in [0.29, 0.717) is 36.5 Å². The molecule has 1 fully saturated rings. The predicted molar refractivity (Wildman–Crippen MR) is 116 cm³/mol. The summed E-state index contributed by atoms with van der Waals surface area (Å²) < 4.78 is 35.9. The van der Waals surface area contributed by atoms with E-state index < -0.39 is 6.61 Å². The molecule has 0 aromatic heterocycles. The lowest BCUT2D eigenvalue weighted by molar-refractivity contribution is -0.0505. The Hall–Kier alpha value is -2.13. The summed E-state index contributed by atoms with van der Waals surface area (Å²) in [5.74, 6) is 1.23. The summed E-state index contributed by atoms with van der Waals surface area (Å²) in [7, 11) is 3.83. The van der Waals surface area contributed by atoms with E-state index in [-0.39, 0.29) is 5.75 Å². The number of hydrogen-bond donors (Lipinski definition) is 2. The SMILES string of the molecule is CCCOc1ccc(CNC(=NC)NCC(C)N2CCN(C)CC2)c(OC(F)F)c1. The predicted octanol–water partition coefficient (Wildman–Crippen LogP) is 2.38. The first-order valence-corrected chi connectivity index (χ1v) is 10.5. The molecule has 1 unspecified atom stereocenters. The molecule has 1 aliphatic rings. The van der Waals surface area contributed by atoms with Gasteiger partial charge in [0.2, 0.25) is 0 Å². The lowest BCUT2D eigenvalue weighted by Gasteiger charge is -2.36. The summed E-state index contributed by atoms with van der Waals surface area (Å²) in [5.41, 5.74) is 0.606. The van der Waals surface area contributed by atoms with E-state index in [2.05, 4.69) is 39.4 Å². The Labute approximate surface area is 178 Å². The number of benzene rings is 1. The third kappa shape index (κ3) is 7.95. The number of piperazine rings is 1. The highest BCUT2D eigenvalue weighted by Gasteiger charge is 2.19. The van der Waals surface area contributed by atoms with Crippen LogP contribution in [0.25, 0.3) is 0 Å². The summed E-state index contributed by atoms with van der Waals surface area (Å²) in [4.78, 5) is 9.01. The van der Waals surface area contributed by atoms with Gasteiger partial charge in [-0.15, -0.1) is 0 Å². The summed E-state index contributed by atoms with van der Waals surface area (Å²) in [6.07, 6.45) is 0.836. The molecule has 0 aliphatic carbocycles. The maximum Gasteiger partial charge on any atom is 0.387 e. The molecule has 1 heterocycles. The zero-order chi connectivity index (χ0) is 21.9. The van der Waals surface area contributed by atoms with Crippen LogP contribution >= 0.6 is 0 Å². The maximum absolute atomic E-state index is 12.8. The lowest BCUT2D eigenvalue weighted by Crippen LogP contribution is -2.52. The number of rotatable bonds is 10. The van der Waals surface area contributed by atoms with Gasteiger partial charge >= 0.3 is 6.61 Å². The molecule has 1 aliphatic heterocycles. The highest BCUT2D eigenvalue weighted by atomic mass is 19.3. The minimum absolute atomic E-state index is 0.104. The lowest BCUT2D eigenvalue weighted by atomic mass is 10.2. The molecule has 7 nitrogen and oxygen atoms in total. The molecule has 2 N–H and O–H groups in total. The molecule has 2 rings (SSSR count). The van der Waals surface area contributed by atoms with Crippen LogP contribution in [-0.4, -0.2) is 81.8 Å². The monoisotopic (exact) mass is 427 g/mol. The fourth-order valence-electron chi connectivity index (χ4n) is 3.23. The van der Waals surface area contributed by atoms with E-state index in [1.807, 2.05) is 6.92 Å². The van der Waals surface area contributed by atoms with Gasteiger partial charge in [0.05, 0.1) is 6.61 Å². The molecular formula is C21H35F2N5O2. The van der Waals surface area contributed by atoms with Crippen molar-refractivity contribution in [2.75, 3.05) is 53.4 Å². The molecular weight excluding hydrogens is 392 g/mol. The number of alkyl halides is 2. The van der Waals surface area contributed by atoms with Gasteiger partial charge in [-0.1, -0.05) is 6.92 Å². The second-order valence-corrected chi connectivity index (χ2v) is 7.49. The van der Waals surface area contributed by atoms with Gasteiger partial charge in [0, 0.05) is 64.0 Å². The maximum atomic E-state index is 12.8. The van der Waals surface area contributed by atoms with Crippen molar-refractivity contribution in [2.24, 2.45) is 4.99 Å². The Bertz CT molecular complexity index is 667. The van der Waals surface area contributed by atoms with Crippen LogP contribution < -0.4 is 20.1 Å². The molecule has 0 amide bonds. The summed E-state index contributed by atoms with van der Waals surface area (Å²) in [6.45, 7) is 7.09. The number of guanidine groups is 1. The number of hydrogen-bond acceptors (Lipinski definition) is 5. The van der Waals surface area contributed by atoms with Crippen molar-refractivity contribution in [2.45, 2.75) is 39.5 Å². The molecule has 1 aromatic carbocycles.